The second-order valence-electron chi connectivity index (χ2n) is 6.69. The SMILES string of the molecule is CCC(C(=O)Nc1cccc(-c2nc3cccnc3s2)c1C)c1ccccc1. The summed E-state index contributed by atoms with van der Waals surface area (Å²) in [5.74, 6) is -0.157. The molecule has 2 aromatic heterocycles. The molecule has 1 atom stereocenters. The van der Waals surface area contributed by atoms with Crippen LogP contribution in [0.4, 0.5) is 5.69 Å². The van der Waals surface area contributed by atoms with Crippen LogP contribution in [0, 0.1) is 6.92 Å². The van der Waals surface area contributed by atoms with Crippen molar-refractivity contribution in [3.8, 4) is 10.6 Å². The minimum atomic E-state index is -0.170. The molecule has 5 heteroatoms. The van der Waals surface area contributed by atoms with Gasteiger partial charge in [0.2, 0.25) is 5.91 Å². The smallest absolute Gasteiger partial charge is 0.231 e. The van der Waals surface area contributed by atoms with Crippen LogP contribution < -0.4 is 5.32 Å². The van der Waals surface area contributed by atoms with Crippen LogP contribution in [0.25, 0.3) is 20.9 Å². The molecule has 0 radical (unpaired) electrons. The fraction of sp³-hybridized carbons (Fsp3) is 0.174. The van der Waals surface area contributed by atoms with Gasteiger partial charge in [-0.15, -0.1) is 0 Å². The van der Waals surface area contributed by atoms with Crippen LogP contribution in [0.15, 0.2) is 66.9 Å². The predicted octanol–water partition coefficient (Wildman–Crippen LogP) is 5.80. The number of hydrogen-bond donors (Lipinski definition) is 1. The molecule has 1 amide bonds. The molecular formula is C23H21N3OS. The van der Waals surface area contributed by atoms with Gasteiger partial charge in [-0.25, -0.2) is 9.97 Å². The molecule has 0 aliphatic rings. The van der Waals surface area contributed by atoms with E-state index in [2.05, 4.69) is 10.3 Å². The second-order valence-corrected chi connectivity index (χ2v) is 7.66. The highest BCUT2D eigenvalue weighted by Crippen LogP contribution is 2.34. The number of rotatable bonds is 5. The van der Waals surface area contributed by atoms with E-state index in [0.717, 1.165) is 44.2 Å². The Hall–Kier alpha value is -3.05. The molecule has 1 unspecified atom stereocenters. The summed E-state index contributed by atoms with van der Waals surface area (Å²) in [5.41, 5.74) is 4.79. The summed E-state index contributed by atoms with van der Waals surface area (Å²) in [4.78, 5) is 23.0. The molecular weight excluding hydrogens is 366 g/mol. The lowest BCUT2D eigenvalue weighted by molar-refractivity contribution is -0.117. The van der Waals surface area contributed by atoms with Gasteiger partial charge in [-0.1, -0.05) is 60.7 Å². The predicted molar refractivity (Wildman–Crippen MR) is 116 cm³/mol. The zero-order chi connectivity index (χ0) is 19.5. The molecule has 2 aromatic carbocycles. The summed E-state index contributed by atoms with van der Waals surface area (Å²) in [6.45, 7) is 4.06. The van der Waals surface area contributed by atoms with E-state index >= 15 is 0 Å². The number of fused-ring (bicyclic) bond motifs is 1. The third kappa shape index (κ3) is 3.53. The van der Waals surface area contributed by atoms with Crippen molar-refractivity contribution in [2.75, 3.05) is 5.32 Å². The molecule has 0 bridgehead atoms. The maximum Gasteiger partial charge on any atom is 0.231 e. The second kappa shape index (κ2) is 7.90. The van der Waals surface area contributed by atoms with Crippen molar-refractivity contribution in [1.29, 1.82) is 0 Å². The van der Waals surface area contributed by atoms with Gasteiger partial charge in [-0.3, -0.25) is 4.79 Å². The van der Waals surface area contributed by atoms with Gasteiger partial charge in [0.25, 0.3) is 0 Å². The molecule has 0 spiro atoms. The number of pyridine rings is 1. The molecule has 0 saturated heterocycles. The van der Waals surface area contributed by atoms with E-state index in [1.165, 1.54) is 0 Å². The van der Waals surface area contributed by atoms with Crippen LogP contribution in [0.5, 0.6) is 0 Å². The molecule has 4 nitrogen and oxygen atoms in total. The number of hydrogen-bond acceptors (Lipinski definition) is 4. The van der Waals surface area contributed by atoms with Gasteiger partial charge < -0.3 is 5.32 Å². The molecule has 4 aromatic rings. The van der Waals surface area contributed by atoms with Crippen LogP contribution >= 0.6 is 11.3 Å². The molecule has 0 fully saturated rings. The fourth-order valence-corrected chi connectivity index (χ4v) is 4.36. The molecule has 1 N–H and O–H groups in total. The standard InChI is InChI=1S/C23H21N3OS/c1-3-17(16-9-5-4-6-10-16)21(27)25-19-12-7-11-18(15(19)2)22-26-20-13-8-14-24-23(20)28-22/h4-14,17H,3H2,1-2H3,(H,25,27). The van der Waals surface area contributed by atoms with E-state index in [1.807, 2.05) is 74.5 Å². The van der Waals surface area contributed by atoms with E-state index in [4.69, 9.17) is 4.98 Å². The summed E-state index contributed by atoms with van der Waals surface area (Å²) in [7, 11) is 0. The zero-order valence-corrected chi connectivity index (χ0v) is 16.7. The Balaban J connectivity index is 1.64. The van der Waals surface area contributed by atoms with Crippen molar-refractivity contribution in [3.63, 3.8) is 0 Å². The first kappa shape index (κ1) is 18.3. The average molecular weight is 388 g/mol. The monoisotopic (exact) mass is 387 g/mol. The van der Waals surface area contributed by atoms with E-state index in [1.54, 1.807) is 17.5 Å². The number of carbonyl (C=O) groups is 1. The number of aromatic nitrogens is 2. The normalized spacial score (nSPS) is 12.1. The summed E-state index contributed by atoms with van der Waals surface area (Å²) < 4.78 is 0. The summed E-state index contributed by atoms with van der Waals surface area (Å²) >= 11 is 1.56. The number of amides is 1. The van der Waals surface area contributed by atoms with Crippen LogP contribution in [0.3, 0.4) is 0 Å². The maximum atomic E-state index is 13.0. The molecule has 4 rings (SSSR count). The van der Waals surface area contributed by atoms with E-state index < -0.39 is 0 Å². The highest BCUT2D eigenvalue weighted by Gasteiger charge is 2.20. The van der Waals surface area contributed by atoms with E-state index in [0.29, 0.717) is 0 Å². The van der Waals surface area contributed by atoms with Gasteiger partial charge in [-0.05, 0) is 42.7 Å². The molecule has 2 heterocycles. The number of anilines is 1. The van der Waals surface area contributed by atoms with Crippen molar-refractivity contribution in [2.45, 2.75) is 26.2 Å². The van der Waals surface area contributed by atoms with E-state index in [-0.39, 0.29) is 11.8 Å². The fourth-order valence-electron chi connectivity index (χ4n) is 3.37. The lowest BCUT2D eigenvalue weighted by Crippen LogP contribution is -2.21. The van der Waals surface area contributed by atoms with Crippen molar-refractivity contribution in [2.24, 2.45) is 0 Å². The van der Waals surface area contributed by atoms with Gasteiger partial charge >= 0.3 is 0 Å². The van der Waals surface area contributed by atoms with E-state index in [9.17, 15) is 4.79 Å². The summed E-state index contributed by atoms with van der Waals surface area (Å²) in [6, 6.07) is 19.7. The number of nitrogens with one attached hydrogen (secondary N) is 1. The lowest BCUT2D eigenvalue weighted by Gasteiger charge is -2.17. The average Bonchev–Trinajstić information content (AvgIpc) is 3.15. The van der Waals surface area contributed by atoms with Crippen molar-refractivity contribution in [3.05, 3.63) is 78.0 Å². The Labute approximate surface area is 168 Å². The van der Waals surface area contributed by atoms with Gasteiger partial charge in [0, 0.05) is 17.4 Å². The van der Waals surface area contributed by atoms with Crippen molar-refractivity contribution < 1.29 is 4.79 Å². The van der Waals surface area contributed by atoms with Gasteiger partial charge in [0.05, 0.1) is 5.92 Å². The third-order valence-corrected chi connectivity index (χ3v) is 5.93. The number of nitrogens with zero attached hydrogens (tertiary/aromatic N) is 2. The molecule has 140 valence electrons. The van der Waals surface area contributed by atoms with Crippen LogP contribution in [0.1, 0.15) is 30.4 Å². The zero-order valence-electron chi connectivity index (χ0n) is 15.8. The topological polar surface area (TPSA) is 54.9 Å². The molecule has 0 aliphatic carbocycles. The number of carbonyl (C=O) groups excluding carboxylic acids is 1. The highest BCUT2D eigenvalue weighted by molar-refractivity contribution is 7.21. The van der Waals surface area contributed by atoms with Crippen LogP contribution in [-0.4, -0.2) is 15.9 Å². The molecule has 28 heavy (non-hydrogen) atoms. The Morgan fingerprint density at radius 3 is 2.64 bits per heavy atom. The minimum absolute atomic E-state index is 0.0138. The minimum Gasteiger partial charge on any atom is -0.325 e. The van der Waals surface area contributed by atoms with Gasteiger partial charge in [-0.2, -0.15) is 0 Å². The van der Waals surface area contributed by atoms with Crippen molar-refractivity contribution >= 4 is 33.3 Å². The Bertz CT molecular complexity index is 1090. The van der Waals surface area contributed by atoms with Crippen LogP contribution in [-0.2, 0) is 4.79 Å². The summed E-state index contributed by atoms with van der Waals surface area (Å²) in [5, 5.41) is 4.04. The summed E-state index contributed by atoms with van der Waals surface area (Å²) in [6.07, 6.45) is 2.53. The lowest BCUT2D eigenvalue weighted by atomic mass is 9.95. The Kier molecular flexibility index (Phi) is 5.17. The van der Waals surface area contributed by atoms with Gasteiger partial charge in [0.15, 0.2) is 0 Å². The number of benzene rings is 2. The first-order valence-corrected chi connectivity index (χ1v) is 10.2. The van der Waals surface area contributed by atoms with Crippen LogP contribution in [0.2, 0.25) is 0 Å². The molecule has 0 saturated carbocycles. The highest BCUT2D eigenvalue weighted by atomic mass is 32.1. The quantitative estimate of drug-likeness (QED) is 0.471. The Morgan fingerprint density at radius 2 is 1.89 bits per heavy atom. The first-order valence-electron chi connectivity index (χ1n) is 9.34. The maximum absolute atomic E-state index is 13.0. The van der Waals surface area contributed by atoms with Crippen molar-refractivity contribution in [1.82, 2.24) is 9.97 Å². The first-order chi connectivity index (χ1) is 13.7. The largest absolute Gasteiger partial charge is 0.325 e. The molecule has 0 aliphatic heterocycles. The Morgan fingerprint density at radius 1 is 1.07 bits per heavy atom. The third-order valence-electron chi connectivity index (χ3n) is 4.92. The number of thiazole rings is 1. The van der Waals surface area contributed by atoms with Gasteiger partial charge in [0.1, 0.15) is 15.4 Å².